The fourth-order valence-corrected chi connectivity index (χ4v) is 7.45. The highest BCUT2D eigenvalue weighted by atomic mass is 31.2. The highest BCUT2D eigenvalue weighted by Crippen LogP contribution is 2.39. The summed E-state index contributed by atoms with van der Waals surface area (Å²) in [6.45, 7) is 3.54. The van der Waals surface area contributed by atoms with Gasteiger partial charge in [0, 0.05) is 43.9 Å². The summed E-state index contributed by atoms with van der Waals surface area (Å²) in [6, 6.07) is 0. The molecule has 14 heteroatoms. The molecule has 60 heavy (non-hydrogen) atoms. The highest BCUT2D eigenvalue weighted by molar-refractivity contribution is 7.45. The van der Waals surface area contributed by atoms with Gasteiger partial charge in [0.2, 0.25) is 0 Å². The number of hydrogen-bond acceptors (Lipinski definition) is 12. The van der Waals surface area contributed by atoms with Gasteiger partial charge in [-0.1, -0.05) is 101 Å². The van der Waals surface area contributed by atoms with Crippen LogP contribution in [0.2, 0.25) is 0 Å². The number of carbonyl (C=O) groups excluding carboxylic acids is 3. The highest BCUT2D eigenvalue weighted by Gasteiger charge is 2.41. The molecule has 7 atom stereocenters. The average Bonchev–Trinajstić information content (AvgIpc) is 3.44. The Morgan fingerprint density at radius 1 is 0.783 bits per heavy atom. The third kappa shape index (κ3) is 29.7. The molecule has 0 aliphatic heterocycles. The van der Waals surface area contributed by atoms with E-state index in [9.17, 15) is 39.2 Å². The second-order valence-corrected chi connectivity index (χ2v) is 18.4. The lowest BCUT2D eigenvalue weighted by Gasteiger charge is -2.28. The topological polar surface area (TPSA) is 189 Å². The summed E-state index contributed by atoms with van der Waals surface area (Å²) in [5, 5.41) is 31.3. The van der Waals surface area contributed by atoms with Crippen LogP contribution in [-0.2, 0) is 37.5 Å². The van der Waals surface area contributed by atoms with Crippen molar-refractivity contribution >= 4 is 25.5 Å². The van der Waals surface area contributed by atoms with E-state index in [2.05, 4.69) is 50.3 Å². The van der Waals surface area contributed by atoms with Crippen molar-refractivity contribution < 1.29 is 62.2 Å². The van der Waals surface area contributed by atoms with Crippen molar-refractivity contribution in [1.29, 1.82) is 0 Å². The van der Waals surface area contributed by atoms with E-state index in [0.717, 1.165) is 70.6 Å². The number of ether oxygens (including phenoxy) is 2. The maximum Gasteiger partial charge on any atom is 0.306 e. The van der Waals surface area contributed by atoms with E-state index in [1.54, 1.807) is 12.2 Å². The van der Waals surface area contributed by atoms with E-state index in [4.69, 9.17) is 18.5 Å². The smallest absolute Gasteiger partial charge is 0.306 e. The zero-order chi connectivity index (χ0) is 44.7. The monoisotopic (exact) mass is 870 g/mol. The number of aliphatic hydroxyl groups excluding tert-OH is 3. The quantitative estimate of drug-likeness (QED) is 0.0184. The molecule has 0 spiro atoms. The van der Waals surface area contributed by atoms with Gasteiger partial charge in [-0.05, 0) is 57.8 Å². The number of hydrogen-bond donors (Lipinski definition) is 3. The lowest BCUT2D eigenvalue weighted by Crippen LogP contribution is -2.37. The Morgan fingerprint density at radius 2 is 1.42 bits per heavy atom. The number of rotatable bonds is 36. The van der Waals surface area contributed by atoms with Gasteiger partial charge in [0.15, 0.2) is 6.10 Å². The molecule has 1 rings (SSSR count). The Labute approximate surface area is 361 Å². The van der Waals surface area contributed by atoms with E-state index in [1.807, 2.05) is 21.1 Å². The maximum atomic E-state index is 12.9. The van der Waals surface area contributed by atoms with E-state index < -0.39 is 69.2 Å². The summed E-state index contributed by atoms with van der Waals surface area (Å²) in [7, 11) is 0.943. The Bertz CT molecular complexity index is 1340. The molecule has 1 unspecified atom stereocenters. The maximum absolute atomic E-state index is 12.9. The molecule has 13 nitrogen and oxygen atoms in total. The Kier molecular flexibility index (Phi) is 30.7. The normalized spacial score (nSPS) is 20.7. The largest absolute Gasteiger partial charge is 0.756 e. The first-order chi connectivity index (χ1) is 28.6. The Balaban J connectivity index is 2.53. The number of esters is 2. The number of quaternary nitrogens is 1. The van der Waals surface area contributed by atoms with Gasteiger partial charge in [-0.25, -0.2) is 0 Å². The van der Waals surface area contributed by atoms with Gasteiger partial charge in [0.25, 0.3) is 7.82 Å². The van der Waals surface area contributed by atoms with Gasteiger partial charge in [-0.3, -0.25) is 18.9 Å². The van der Waals surface area contributed by atoms with Crippen LogP contribution in [0.15, 0.2) is 48.6 Å². The average molecular weight is 870 g/mol. The molecule has 3 N–H and O–H groups in total. The number of phosphoric ester groups is 1. The summed E-state index contributed by atoms with van der Waals surface area (Å²) < 4.78 is 33.7. The number of phosphoric acid groups is 1. The summed E-state index contributed by atoms with van der Waals surface area (Å²) in [4.78, 5) is 50.6. The number of aliphatic hydroxyl groups is 3. The number of likely N-dealkylation sites (N-methyl/N-ethyl adjacent to an activating group) is 1. The fourth-order valence-electron chi connectivity index (χ4n) is 6.72. The molecule has 1 saturated carbocycles. The second-order valence-electron chi connectivity index (χ2n) is 17.0. The van der Waals surface area contributed by atoms with Gasteiger partial charge in [0.1, 0.15) is 25.5 Å². The van der Waals surface area contributed by atoms with Gasteiger partial charge in [0.05, 0.1) is 46.1 Å². The molecule has 1 aliphatic rings. The minimum absolute atomic E-state index is 0.0150. The van der Waals surface area contributed by atoms with Crippen LogP contribution in [0.3, 0.4) is 0 Å². The fraction of sp³-hybridized carbons (Fsp3) is 0.761. The van der Waals surface area contributed by atoms with Crippen molar-refractivity contribution in [1.82, 2.24) is 0 Å². The predicted octanol–water partition coefficient (Wildman–Crippen LogP) is 7.61. The van der Waals surface area contributed by atoms with Crippen molar-refractivity contribution in [3.8, 4) is 0 Å². The molecule has 1 fully saturated rings. The Hall–Kier alpha value is -2.48. The van der Waals surface area contributed by atoms with Crippen molar-refractivity contribution in [2.75, 3.05) is 47.5 Å². The number of ketones is 1. The van der Waals surface area contributed by atoms with Crippen LogP contribution >= 0.6 is 7.82 Å². The number of nitrogens with zero attached hydrogens (tertiary/aromatic N) is 1. The van der Waals surface area contributed by atoms with Crippen LogP contribution < -0.4 is 4.89 Å². The molecule has 1 aliphatic carbocycles. The van der Waals surface area contributed by atoms with Gasteiger partial charge in [-0.2, -0.15) is 0 Å². The molecule has 0 radical (unpaired) electrons. The van der Waals surface area contributed by atoms with E-state index in [-0.39, 0.29) is 44.5 Å². The first-order valence-electron chi connectivity index (χ1n) is 22.5. The van der Waals surface area contributed by atoms with Crippen molar-refractivity contribution in [3.63, 3.8) is 0 Å². The van der Waals surface area contributed by atoms with Crippen LogP contribution in [0.5, 0.6) is 0 Å². The summed E-state index contributed by atoms with van der Waals surface area (Å²) in [5.74, 6) is -2.14. The zero-order valence-corrected chi connectivity index (χ0v) is 38.4. The molecule has 0 aromatic carbocycles. The molecule has 0 aromatic heterocycles. The van der Waals surface area contributed by atoms with Crippen LogP contribution in [0.4, 0.5) is 0 Å². The molecule has 0 saturated heterocycles. The van der Waals surface area contributed by atoms with E-state index in [1.165, 1.54) is 0 Å². The lowest BCUT2D eigenvalue weighted by molar-refractivity contribution is -0.870. The van der Waals surface area contributed by atoms with Crippen LogP contribution in [-0.4, -0.2) is 109 Å². The molecular formula is C46H80NO12P. The molecule has 0 amide bonds. The molecule has 0 bridgehead atoms. The SMILES string of the molecule is CC/C=C\C/C=C\C/C=C\CCCCCCCC(=O)O[C@H](COC(=O)CCCCC(=O)C[C@@H]1[C@@H](/C=C/[C@@H](O)CCCCC)[C@H](O)C[C@@H]1O)COP(=O)([O-])OCC[N+](C)(C)C. The minimum atomic E-state index is -4.72. The molecule has 0 aromatic rings. The van der Waals surface area contributed by atoms with E-state index >= 15 is 0 Å². The van der Waals surface area contributed by atoms with Gasteiger partial charge >= 0.3 is 11.9 Å². The van der Waals surface area contributed by atoms with Gasteiger partial charge < -0.3 is 43.2 Å². The first-order valence-corrected chi connectivity index (χ1v) is 24.0. The second kappa shape index (κ2) is 33.1. The molecular weight excluding hydrogens is 789 g/mol. The Morgan fingerprint density at radius 3 is 2.12 bits per heavy atom. The molecule has 0 heterocycles. The van der Waals surface area contributed by atoms with Crippen molar-refractivity contribution in [3.05, 3.63) is 48.6 Å². The number of unbranched alkanes of at least 4 members (excludes halogenated alkanes) is 8. The number of carbonyl (C=O) groups is 3. The lowest BCUT2D eigenvalue weighted by atomic mass is 9.87. The minimum Gasteiger partial charge on any atom is -0.756 e. The van der Waals surface area contributed by atoms with Gasteiger partial charge in [-0.15, -0.1) is 0 Å². The van der Waals surface area contributed by atoms with Crippen molar-refractivity contribution in [2.24, 2.45) is 11.8 Å². The molecule has 346 valence electrons. The van der Waals surface area contributed by atoms with Crippen LogP contribution in [0.1, 0.15) is 142 Å². The summed E-state index contributed by atoms with van der Waals surface area (Å²) in [5.41, 5.74) is 0. The predicted molar refractivity (Wildman–Crippen MR) is 234 cm³/mol. The van der Waals surface area contributed by atoms with Crippen LogP contribution in [0, 0.1) is 11.8 Å². The first kappa shape index (κ1) is 55.5. The standard InChI is InChI=1S/C46H80NO12P/c1-6-8-10-11-12-13-14-15-16-17-18-19-20-21-23-29-46(53)59-40(37-58-60(54,55)57-33-32-47(3,4)5)36-56-45(52)28-25-24-27-39(49)34-42-41(43(50)35-44(42)51)31-30-38(48)26-22-9-7-2/h8,10,12-13,15-16,30-31,38,40-44,48,50-51H,6-7,9,11,14,17-29,32-37H2,1-5H3/b10-8-,13-12-,16-15-,31-30+/t38-,40+,41+,42+,43+,44-/m0/s1. The van der Waals surface area contributed by atoms with Crippen molar-refractivity contribution in [2.45, 2.75) is 167 Å². The third-order valence-corrected chi connectivity index (χ3v) is 11.3. The third-order valence-electron chi connectivity index (χ3n) is 10.3. The zero-order valence-electron chi connectivity index (χ0n) is 37.5. The van der Waals surface area contributed by atoms with Crippen LogP contribution in [0.25, 0.3) is 0 Å². The number of Topliss-reactive ketones (excluding diaryl/α,β-unsaturated/α-hetero) is 1. The number of allylic oxidation sites excluding steroid dienone is 6. The summed E-state index contributed by atoms with van der Waals surface area (Å²) in [6.07, 6.45) is 26.3. The summed E-state index contributed by atoms with van der Waals surface area (Å²) >= 11 is 0. The van der Waals surface area contributed by atoms with E-state index in [0.29, 0.717) is 36.7 Å².